The van der Waals surface area contributed by atoms with Crippen LogP contribution in [0.15, 0.2) is 41.1 Å². The molecule has 0 aliphatic heterocycles. The minimum atomic E-state index is 0.303. The molecule has 0 spiro atoms. The predicted octanol–water partition coefficient (Wildman–Crippen LogP) is 3.02. The molecule has 2 aromatic rings. The van der Waals surface area contributed by atoms with Gasteiger partial charge in [0.2, 0.25) is 0 Å². The van der Waals surface area contributed by atoms with Gasteiger partial charge in [0.15, 0.2) is 0 Å². The zero-order chi connectivity index (χ0) is 11.4. The van der Waals surface area contributed by atoms with E-state index in [0.29, 0.717) is 6.04 Å². The summed E-state index contributed by atoms with van der Waals surface area (Å²) < 4.78 is 1.11. The highest BCUT2D eigenvalue weighted by Crippen LogP contribution is 2.14. The molecule has 0 saturated carbocycles. The average Bonchev–Trinajstić information content (AvgIpc) is 2.79. The Balaban J connectivity index is 1.92. The van der Waals surface area contributed by atoms with Gasteiger partial charge in [0.25, 0.3) is 0 Å². The lowest BCUT2D eigenvalue weighted by Gasteiger charge is -2.11. The van der Waals surface area contributed by atoms with Crippen molar-refractivity contribution >= 4 is 15.9 Å². The Morgan fingerprint density at radius 3 is 3.06 bits per heavy atom. The van der Waals surface area contributed by atoms with Crippen LogP contribution in [0.25, 0.3) is 0 Å². The monoisotopic (exact) mass is 279 g/mol. The first kappa shape index (κ1) is 11.4. The summed E-state index contributed by atoms with van der Waals surface area (Å²) >= 11 is 3.47. The lowest BCUT2D eigenvalue weighted by Crippen LogP contribution is -2.17. The van der Waals surface area contributed by atoms with Crippen molar-refractivity contribution in [1.29, 1.82) is 0 Å². The van der Waals surface area contributed by atoms with E-state index in [1.807, 2.05) is 24.5 Å². The first-order chi connectivity index (χ1) is 7.75. The van der Waals surface area contributed by atoms with Gasteiger partial charge in [0.1, 0.15) is 0 Å². The summed E-state index contributed by atoms with van der Waals surface area (Å²) in [4.78, 5) is 0. The highest BCUT2D eigenvalue weighted by Gasteiger charge is 2.05. The molecule has 1 heterocycles. The molecule has 1 unspecified atom stereocenters. The lowest BCUT2D eigenvalue weighted by molar-refractivity contribution is 0.575. The Hall–Kier alpha value is -1.13. The second-order valence-corrected chi connectivity index (χ2v) is 4.68. The number of nitrogens with one attached hydrogen (secondary N) is 2. The molecular weight excluding hydrogens is 266 g/mol. The molecule has 1 aromatic carbocycles. The molecule has 0 aliphatic rings. The van der Waals surface area contributed by atoms with Gasteiger partial charge in [-0.05, 0) is 24.6 Å². The van der Waals surface area contributed by atoms with Gasteiger partial charge in [0.05, 0.1) is 6.20 Å². The molecule has 0 aliphatic carbocycles. The predicted molar refractivity (Wildman–Crippen MR) is 68.0 cm³/mol. The van der Waals surface area contributed by atoms with Gasteiger partial charge in [-0.25, -0.2) is 0 Å². The van der Waals surface area contributed by atoms with Crippen molar-refractivity contribution in [1.82, 2.24) is 15.5 Å². The van der Waals surface area contributed by atoms with E-state index in [-0.39, 0.29) is 0 Å². The summed E-state index contributed by atoms with van der Waals surface area (Å²) in [6.07, 6.45) is 3.76. The third-order valence-electron chi connectivity index (χ3n) is 2.52. The average molecular weight is 280 g/mol. The SMILES string of the molecule is CC(NCc1cccc(Br)c1)c1cn[nH]c1. The molecule has 0 fully saturated rings. The van der Waals surface area contributed by atoms with Gasteiger partial charge in [-0.3, -0.25) is 5.10 Å². The molecule has 0 saturated heterocycles. The van der Waals surface area contributed by atoms with Gasteiger partial charge in [-0.2, -0.15) is 5.10 Å². The summed E-state index contributed by atoms with van der Waals surface area (Å²) in [5.74, 6) is 0. The molecule has 0 radical (unpaired) electrons. The maximum Gasteiger partial charge on any atom is 0.0534 e. The van der Waals surface area contributed by atoms with Gasteiger partial charge in [-0.1, -0.05) is 28.1 Å². The third kappa shape index (κ3) is 2.93. The van der Waals surface area contributed by atoms with Crippen LogP contribution in [0.3, 0.4) is 0 Å². The first-order valence-corrected chi connectivity index (χ1v) is 6.01. The number of aromatic amines is 1. The van der Waals surface area contributed by atoms with Crippen LogP contribution in [0.1, 0.15) is 24.1 Å². The van der Waals surface area contributed by atoms with E-state index in [0.717, 1.165) is 11.0 Å². The molecular formula is C12H14BrN3. The van der Waals surface area contributed by atoms with Crippen LogP contribution in [0.5, 0.6) is 0 Å². The Morgan fingerprint density at radius 2 is 2.38 bits per heavy atom. The minimum absolute atomic E-state index is 0.303. The van der Waals surface area contributed by atoms with Crippen molar-refractivity contribution in [3.63, 3.8) is 0 Å². The standard InChI is InChI=1S/C12H14BrN3/c1-9(11-7-15-16-8-11)14-6-10-3-2-4-12(13)5-10/h2-5,7-9,14H,6H2,1H3,(H,15,16). The summed E-state index contributed by atoms with van der Waals surface area (Å²) in [6, 6.07) is 8.61. The maximum atomic E-state index is 3.94. The highest BCUT2D eigenvalue weighted by molar-refractivity contribution is 9.10. The van der Waals surface area contributed by atoms with Gasteiger partial charge in [-0.15, -0.1) is 0 Å². The second-order valence-electron chi connectivity index (χ2n) is 3.76. The van der Waals surface area contributed by atoms with Crippen molar-refractivity contribution in [2.24, 2.45) is 0 Å². The molecule has 1 atom stereocenters. The second kappa shape index (κ2) is 5.27. The number of nitrogens with zero attached hydrogens (tertiary/aromatic N) is 1. The van der Waals surface area contributed by atoms with Crippen LogP contribution in [0, 0.1) is 0 Å². The summed E-state index contributed by atoms with van der Waals surface area (Å²) in [5, 5.41) is 10.2. The van der Waals surface area contributed by atoms with Crippen LogP contribution >= 0.6 is 15.9 Å². The van der Waals surface area contributed by atoms with Crippen LogP contribution in [0.2, 0.25) is 0 Å². The normalized spacial score (nSPS) is 12.6. The van der Waals surface area contributed by atoms with E-state index in [2.05, 4.69) is 50.5 Å². The fraction of sp³-hybridized carbons (Fsp3) is 0.250. The van der Waals surface area contributed by atoms with E-state index in [4.69, 9.17) is 0 Å². The molecule has 2 rings (SSSR count). The molecule has 0 amide bonds. The molecule has 2 N–H and O–H groups in total. The number of hydrogen-bond donors (Lipinski definition) is 2. The Labute approximate surface area is 103 Å². The van der Waals surface area contributed by atoms with Crippen LogP contribution in [0.4, 0.5) is 0 Å². The largest absolute Gasteiger partial charge is 0.306 e. The third-order valence-corrected chi connectivity index (χ3v) is 3.01. The molecule has 16 heavy (non-hydrogen) atoms. The molecule has 1 aromatic heterocycles. The van der Waals surface area contributed by atoms with Crippen molar-refractivity contribution in [2.75, 3.05) is 0 Å². The number of benzene rings is 1. The molecule has 3 nitrogen and oxygen atoms in total. The van der Waals surface area contributed by atoms with Crippen LogP contribution in [-0.4, -0.2) is 10.2 Å². The molecule has 4 heteroatoms. The quantitative estimate of drug-likeness (QED) is 0.903. The Morgan fingerprint density at radius 1 is 1.50 bits per heavy atom. The van der Waals surface area contributed by atoms with Gasteiger partial charge in [0, 0.05) is 28.8 Å². The zero-order valence-electron chi connectivity index (χ0n) is 9.07. The highest BCUT2D eigenvalue weighted by atomic mass is 79.9. The minimum Gasteiger partial charge on any atom is -0.306 e. The van der Waals surface area contributed by atoms with Crippen molar-refractivity contribution < 1.29 is 0 Å². The van der Waals surface area contributed by atoms with Crippen molar-refractivity contribution in [2.45, 2.75) is 19.5 Å². The summed E-state index contributed by atoms with van der Waals surface area (Å²) in [7, 11) is 0. The maximum absolute atomic E-state index is 3.94. The fourth-order valence-electron chi connectivity index (χ4n) is 1.53. The van der Waals surface area contributed by atoms with E-state index in [1.165, 1.54) is 11.1 Å². The number of hydrogen-bond acceptors (Lipinski definition) is 2. The smallest absolute Gasteiger partial charge is 0.0534 e. The topological polar surface area (TPSA) is 40.7 Å². The molecule has 84 valence electrons. The van der Waals surface area contributed by atoms with Crippen molar-refractivity contribution in [3.8, 4) is 0 Å². The van der Waals surface area contributed by atoms with Crippen LogP contribution < -0.4 is 5.32 Å². The summed E-state index contributed by atoms with van der Waals surface area (Å²) in [6.45, 7) is 2.98. The fourth-order valence-corrected chi connectivity index (χ4v) is 1.98. The Kier molecular flexibility index (Phi) is 3.74. The van der Waals surface area contributed by atoms with Crippen molar-refractivity contribution in [3.05, 3.63) is 52.3 Å². The van der Waals surface area contributed by atoms with E-state index in [1.54, 1.807) is 0 Å². The van der Waals surface area contributed by atoms with Crippen LogP contribution in [-0.2, 0) is 6.54 Å². The number of aromatic nitrogens is 2. The van der Waals surface area contributed by atoms with Gasteiger partial charge < -0.3 is 5.32 Å². The number of rotatable bonds is 4. The number of H-pyrrole nitrogens is 1. The Bertz CT molecular complexity index is 439. The molecule has 0 bridgehead atoms. The lowest BCUT2D eigenvalue weighted by atomic mass is 10.1. The number of halogens is 1. The van der Waals surface area contributed by atoms with E-state index in [9.17, 15) is 0 Å². The first-order valence-electron chi connectivity index (χ1n) is 5.22. The van der Waals surface area contributed by atoms with E-state index < -0.39 is 0 Å². The van der Waals surface area contributed by atoms with E-state index >= 15 is 0 Å². The summed E-state index contributed by atoms with van der Waals surface area (Å²) in [5.41, 5.74) is 2.44. The van der Waals surface area contributed by atoms with Gasteiger partial charge >= 0.3 is 0 Å². The zero-order valence-corrected chi connectivity index (χ0v) is 10.7.